The first kappa shape index (κ1) is 17.0. The molecule has 0 saturated carbocycles. The monoisotopic (exact) mass is 313 g/mol. The van der Waals surface area contributed by atoms with Gasteiger partial charge in [0.25, 0.3) is 0 Å². The lowest BCUT2D eigenvalue weighted by Gasteiger charge is -2.20. The minimum absolute atomic E-state index is 0.0132. The Morgan fingerprint density at radius 3 is 2.65 bits per heavy atom. The van der Waals surface area contributed by atoms with Crippen LogP contribution in [0.3, 0.4) is 0 Å². The lowest BCUT2D eigenvalue weighted by molar-refractivity contribution is -0.117. The zero-order chi connectivity index (χ0) is 16.7. The Hall–Kier alpha value is -2.40. The molecule has 5 nitrogen and oxygen atoms in total. The van der Waals surface area contributed by atoms with Gasteiger partial charge in [-0.3, -0.25) is 4.79 Å². The van der Waals surface area contributed by atoms with Crippen LogP contribution < -0.4 is 5.32 Å². The van der Waals surface area contributed by atoms with Gasteiger partial charge in [0, 0.05) is 36.8 Å². The van der Waals surface area contributed by atoms with Crippen LogP contribution in [0, 0.1) is 5.92 Å². The van der Waals surface area contributed by atoms with Crippen molar-refractivity contribution in [2.75, 3.05) is 6.61 Å². The normalized spacial score (nSPS) is 12.7. The molecule has 0 radical (unpaired) electrons. The average molecular weight is 313 g/mol. The van der Waals surface area contributed by atoms with Gasteiger partial charge in [-0.2, -0.15) is 0 Å². The Morgan fingerprint density at radius 1 is 1.35 bits per heavy atom. The minimum atomic E-state index is -0.143. The van der Waals surface area contributed by atoms with Crippen molar-refractivity contribution >= 4 is 12.0 Å². The molecule has 2 aromatic rings. The summed E-state index contributed by atoms with van der Waals surface area (Å²) in [7, 11) is 0. The summed E-state index contributed by atoms with van der Waals surface area (Å²) < 4.78 is 1.92. The van der Waals surface area contributed by atoms with Crippen molar-refractivity contribution in [1.82, 2.24) is 14.9 Å². The van der Waals surface area contributed by atoms with E-state index >= 15 is 0 Å². The predicted molar refractivity (Wildman–Crippen MR) is 91.1 cm³/mol. The summed E-state index contributed by atoms with van der Waals surface area (Å²) in [5, 5.41) is 12.0. The Balaban J connectivity index is 1.95. The number of imidazole rings is 1. The number of carbonyl (C=O) groups is 1. The van der Waals surface area contributed by atoms with Gasteiger partial charge in [-0.1, -0.05) is 26.0 Å². The summed E-state index contributed by atoms with van der Waals surface area (Å²) in [5.74, 6) is 0.143. The van der Waals surface area contributed by atoms with Gasteiger partial charge in [0.05, 0.1) is 6.33 Å². The van der Waals surface area contributed by atoms with Gasteiger partial charge in [0.2, 0.25) is 5.91 Å². The maximum Gasteiger partial charge on any atom is 0.244 e. The molecule has 0 aliphatic carbocycles. The molecule has 0 fully saturated rings. The van der Waals surface area contributed by atoms with E-state index in [2.05, 4.69) is 10.3 Å². The number of aliphatic hydroxyl groups excluding tert-OH is 1. The van der Waals surface area contributed by atoms with E-state index in [-0.39, 0.29) is 24.5 Å². The second kappa shape index (κ2) is 8.29. The fourth-order valence-electron chi connectivity index (χ4n) is 2.28. The molecule has 1 heterocycles. The van der Waals surface area contributed by atoms with Crippen molar-refractivity contribution in [2.45, 2.75) is 26.3 Å². The molecule has 0 saturated heterocycles. The second-order valence-electron chi connectivity index (χ2n) is 5.77. The highest BCUT2D eigenvalue weighted by Gasteiger charge is 2.13. The summed E-state index contributed by atoms with van der Waals surface area (Å²) in [4.78, 5) is 16.0. The SMILES string of the molecule is CC(C)C(CCO)NC(=O)/C=C/c1ccc(-n2ccnc2)cc1. The highest BCUT2D eigenvalue weighted by atomic mass is 16.3. The highest BCUT2D eigenvalue weighted by Crippen LogP contribution is 2.11. The number of carbonyl (C=O) groups excluding carboxylic acids is 1. The maximum atomic E-state index is 12.0. The molecule has 0 bridgehead atoms. The molecular formula is C18H23N3O2. The van der Waals surface area contributed by atoms with Gasteiger partial charge < -0.3 is 15.0 Å². The van der Waals surface area contributed by atoms with E-state index in [9.17, 15) is 4.79 Å². The van der Waals surface area contributed by atoms with Crippen molar-refractivity contribution in [2.24, 2.45) is 5.92 Å². The number of aromatic nitrogens is 2. The number of rotatable bonds is 7. The lowest BCUT2D eigenvalue weighted by atomic mass is 10.0. The number of hydrogen-bond donors (Lipinski definition) is 2. The van der Waals surface area contributed by atoms with Gasteiger partial charge in [0.15, 0.2) is 0 Å². The van der Waals surface area contributed by atoms with Crippen LogP contribution in [-0.4, -0.2) is 33.2 Å². The predicted octanol–water partition coefficient (Wildman–Crippen LogP) is 2.41. The molecule has 2 N–H and O–H groups in total. The first-order valence-electron chi connectivity index (χ1n) is 7.78. The van der Waals surface area contributed by atoms with Crippen LogP contribution in [-0.2, 0) is 4.79 Å². The Kier molecular flexibility index (Phi) is 6.11. The van der Waals surface area contributed by atoms with E-state index in [0.29, 0.717) is 6.42 Å². The van der Waals surface area contributed by atoms with Crippen molar-refractivity contribution in [3.8, 4) is 5.69 Å². The Bertz CT molecular complexity index is 631. The first-order valence-corrected chi connectivity index (χ1v) is 7.78. The maximum absolute atomic E-state index is 12.0. The van der Waals surface area contributed by atoms with Crippen molar-refractivity contribution in [1.29, 1.82) is 0 Å². The molecule has 1 aromatic carbocycles. The molecule has 0 aliphatic heterocycles. The number of amides is 1. The van der Waals surface area contributed by atoms with E-state index in [1.165, 1.54) is 6.08 Å². The van der Waals surface area contributed by atoms with Crippen LogP contribution in [0.25, 0.3) is 11.8 Å². The zero-order valence-corrected chi connectivity index (χ0v) is 13.5. The number of nitrogens with zero attached hydrogens (tertiary/aromatic N) is 2. The van der Waals surface area contributed by atoms with E-state index < -0.39 is 0 Å². The zero-order valence-electron chi connectivity index (χ0n) is 13.5. The van der Waals surface area contributed by atoms with E-state index in [0.717, 1.165) is 11.3 Å². The van der Waals surface area contributed by atoms with Crippen molar-refractivity contribution < 1.29 is 9.90 Å². The molecule has 1 amide bonds. The molecule has 1 unspecified atom stereocenters. The van der Waals surface area contributed by atoms with Crippen molar-refractivity contribution in [3.05, 3.63) is 54.6 Å². The van der Waals surface area contributed by atoms with Gasteiger partial charge in [-0.05, 0) is 36.1 Å². The molecular weight excluding hydrogens is 290 g/mol. The summed E-state index contributed by atoms with van der Waals surface area (Å²) in [5.41, 5.74) is 1.97. The van der Waals surface area contributed by atoms with Crippen LogP contribution in [0.2, 0.25) is 0 Å². The second-order valence-corrected chi connectivity index (χ2v) is 5.77. The molecule has 2 rings (SSSR count). The highest BCUT2D eigenvalue weighted by molar-refractivity contribution is 5.91. The average Bonchev–Trinajstić information content (AvgIpc) is 3.07. The molecule has 23 heavy (non-hydrogen) atoms. The Morgan fingerprint density at radius 2 is 2.09 bits per heavy atom. The molecule has 122 valence electrons. The molecule has 1 aromatic heterocycles. The summed E-state index contributed by atoms with van der Waals surface area (Å²) >= 11 is 0. The largest absolute Gasteiger partial charge is 0.396 e. The quantitative estimate of drug-likeness (QED) is 0.771. The van der Waals surface area contributed by atoms with Crippen LogP contribution >= 0.6 is 0 Å². The van der Waals surface area contributed by atoms with E-state index in [1.54, 1.807) is 18.6 Å². The van der Waals surface area contributed by atoms with Gasteiger partial charge in [0.1, 0.15) is 0 Å². The first-order chi connectivity index (χ1) is 11.1. The molecule has 1 atom stereocenters. The standard InChI is InChI=1S/C18H23N3O2/c1-14(2)17(9-12-22)20-18(23)8-5-15-3-6-16(7-4-15)21-11-10-19-13-21/h3-8,10-11,13-14,17,22H,9,12H2,1-2H3,(H,20,23)/b8-5+. The number of benzene rings is 1. The third-order valence-electron chi connectivity index (χ3n) is 3.70. The van der Waals surface area contributed by atoms with Crippen LogP contribution in [0.1, 0.15) is 25.8 Å². The smallest absolute Gasteiger partial charge is 0.244 e. The minimum Gasteiger partial charge on any atom is -0.396 e. The number of hydrogen-bond acceptors (Lipinski definition) is 3. The van der Waals surface area contributed by atoms with Gasteiger partial charge in [-0.25, -0.2) is 4.98 Å². The Labute approximate surface area is 136 Å². The lowest BCUT2D eigenvalue weighted by Crippen LogP contribution is -2.38. The van der Waals surface area contributed by atoms with E-state index in [4.69, 9.17) is 5.11 Å². The summed E-state index contributed by atoms with van der Waals surface area (Å²) in [6, 6.07) is 7.84. The van der Waals surface area contributed by atoms with Crippen molar-refractivity contribution in [3.63, 3.8) is 0 Å². The van der Waals surface area contributed by atoms with Gasteiger partial charge in [-0.15, -0.1) is 0 Å². The summed E-state index contributed by atoms with van der Waals surface area (Å²) in [6.07, 6.45) is 9.23. The molecule has 5 heteroatoms. The van der Waals surface area contributed by atoms with Crippen LogP contribution in [0.15, 0.2) is 49.1 Å². The molecule has 0 aliphatic rings. The van der Waals surface area contributed by atoms with Crippen LogP contribution in [0.4, 0.5) is 0 Å². The number of nitrogens with one attached hydrogen (secondary N) is 1. The number of aliphatic hydroxyl groups is 1. The third kappa shape index (κ3) is 5.07. The topological polar surface area (TPSA) is 67.2 Å². The third-order valence-corrected chi connectivity index (χ3v) is 3.70. The van der Waals surface area contributed by atoms with Gasteiger partial charge >= 0.3 is 0 Å². The summed E-state index contributed by atoms with van der Waals surface area (Å²) in [6.45, 7) is 4.13. The molecule has 0 spiro atoms. The fourth-order valence-corrected chi connectivity index (χ4v) is 2.28. The van der Waals surface area contributed by atoms with E-state index in [1.807, 2.05) is 48.9 Å². The van der Waals surface area contributed by atoms with Crippen LogP contribution in [0.5, 0.6) is 0 Å². The fraction of sp³-hybridized carbons (Fsp3) is 0.333.